The average molecular weight is 330 g/mol. The van der Waals surface area contributed by atoms with Gasteiger partial charge in [0.15, 0.2) is 5.13 Å². The molecular formula is C13H16ClN3OS2. The summed E-state index contributed by atoms with van der Waals surface area (Å²) in [5.41, 5.74) is 0.939. The first-order valence-electron chi connectivity index (χ1n) is 6.28. The second kappa shape index (κ2) is 7.26. The number of para-hydroxylation sites is 1. The van der Waals surface area contributed by atoms with Crippen LogP contribution < -0.4 is 10.6 Å². The van der Waals surface area contributed by atoms with Gasteiger partial charge in [0.2, 0.25) is 5.91 Å². The monoisotopic (exact) mass is 329 g/mol. The largest absolute Gasteiger partial charge is 0.312 e. The van der Waals surface area contributed by atoms with Gasteiger partial charge in [0.05, 0.1) is 10.2 Å². The van der Waals surface area contributed by atoms with Gasteiger partial charge >= 0.3 is 0 Å². The van der Waals surface area contributed by atoms with Crippen molar-refractivity contribution < 1.29 is 4.79 Å². The molecule has 0 spiro atoms. The quantitative estimate of drug-likeness (QED) is 0.909. The number of aromatic nitrogens is 1. The highest BCUT2D eigenvalue weighted by molar-refractivity contribution is 7.99. The molecule has 20 heavy (non-hydrogen) atoms. The first-order valence-corrected chi connectivity index (χ1v) is 8.25. The van der Waals surface area contributed by atoms with Gasteiger partial charge in [-0.3, -0.25) is 4.79 Å². The SMILES string of the molecule is Cl.O=C(CC1CSCCN1)Nc1nc2ccccc2s1. The van der Waals surface area contributed by atoms with Crippen LogP contribution in [0.15, 0.2) is 24.3 Å². The number of nitrogens with one attached hydrogen (secondary N) is 2. The zero-order valence-electron chi connectivity index (χ0n) is 10.8. The van der Waals surface area contributed by atoms with Crippen molar-refractivity contribution in [3.05, 3.63) is 24.3 Å². The number of carbonyl (C=O) groups is 1. The summed E-state index contributed by atoms with van der Waals surface area (Å²) in [7, 11) is 0. The van der Waals surface area contributed by atoms with E-state index in [0.717, 1.165) is 28.3 Å². The lowest BCUT2D eigenvalue weighted by atomic mass is 10.2. The molecule has 1 aromatic carbocycles. The van der Waals surface area contributed by atoms with Crippen LogP contribution in [0.2, 0.25) is 0 Å². The fraction of sp³-hybridized carbons (Fsp3) is 0.385. The number of benzene rings is 1. The highest BCUT2D eigenvalue weighted by atomic mass is 35.5. The second-order valence-electron chi connectivity index (χ2n) is 4.47. The third-order valence-corrected chi connectivity index (χ3v) is 5.05. The molecule has 2 heterocycles. The Balaban J connectivity index is 0.00000147. The molecule has 1 saturated heterocycles. The van der Waals surface area contributed by atoms with Crippen molar-refractivity contribution in [1.82, 2.24) is 10.3 Å². The lowest BCUT2D eigenvalue weighted by Crippen LogP contribution is -2.39. The number of thiazole rings is 1. The molecule has 2 aromatic rings. The summed E-state index contributed by atoms with van der Waals surface area (Å²) in [6, 6.07) is 8.20. The van der Waals surface area contributed by atoms with Crippen molar-refractivity contribution in [1.29, 1.82) is 0 Å². The first kappa shape index (κ1) is 15.6. The molecule has 0 saturated carbocycles. The number of thioether (sulfide) groups is 1. The van der Waals surface area contributed by atoms with Gasteiger partial charge in [-0.15, -0.1) is 12.4 Å². The molecule has 3 rings (SSSR count). The van der Waals surface area contributed by atoms with Crippen LogP contribution in [-0.4, -0.2) is 35.0 Å². The predicted molar refractivity (Wildman–Crippen MR) is 89.2 cm³/mol. The van der Waals surface area contributed by atoms with Crippen LogP contribution in [0, 0.1) is 0 Å². The van der Waals surface area contributed by atoms with Crippen LogP contribution in [0.1, 0.15) is 6.42 Å². The van der Waals surface area contributed by atoms with Gasteiger partial charge in [0, 0.05) is 30.5 Å². The zero-order chi connectivity index (χ0) is 13.1. The predicted octanol–water partition coefficient (Wildman–Crippen LogP) is 2.75. The Morgan fingerprint density at radius 2 is 2.30 bits per heavy atom. The van der Waals surface area contributed by atoms with Gasteiger partial charge < -0.3 is 10.6 Å². The maximum absolute atomic E-state index is 12.0. The number of nitrogens with zero attached hydrogens (tertiary/aromatic N) is 1. The summed E-state index contributed by atoms with van der Waals surface area (Å²) in [6.45, 7) is 0.990. The number of fused-ring (bicyclic) bond motifs is 1. The number of halogens is 1. The lowest BCUT2D eigenvalue weighted by molar-refractivity contribution is -0.116. The van der Waals surface area contributed by atoms with Gasteiger partial charge in [0.1, 0.15) is 0 Å². The molecule has 1 amide bonds. The minimum Gasteiger partial charge on any atom is -0.312 e. The standard InChI is InChI=1S/C13H15N3OS2.ClH/c17-12(7-9-8-18-6-5-14-9)16-13-15-10-3-1-2-4-11(10)19-13;/h1-4,9,14H,5-8H2,(H,15,16,17);1H. The number of carbonyl (C=O) groups excluding carboxylic acids is 1. The van der Waals surface area contributed by atoms with E-state index < -0.39 is 0 Å². The van der Waals surface area contributed by atoms with Crippen LogP contribution in [0.5, 0.6) is 0 Å². The van der Waals surface area contributed by atoms with Gasteiger partial charge in [-0.25, -0.2) is 4.98 Å². The van der Waals surface area contributed by atoms with Crippen LogP contribution in [0.4, 0.5) is 5.13 Å². The Hall–Kier alpha value is -0.820. The van der Waals surface area contributed by atoms with Crippen LogP contribution in [0.3, 0.4) is 0 Å². The fourth-order valence-corrected chi connectivity index (χ4v) is 3.90. The second-order valence-corrected chi connectivity index (χ2v) is 6.65. The van der Waals surface area contributed by atoms with Crippen LogP contribution in [-0.2, 0) is 4.79 Å². The van der Waals surface area contributed by atoms with Crippen molar-refractivity contribution in [2.75, 3.05) is 23.4 Å². The summed E-state index contributed by atoms with van der Waals surface area (Å²) in [4.78, 5) is 16.4. The molecule has 7 heteroatoms. The Morgan fingerprint density at radius 1 is 1.45 bits per heavy atom. The Labute approximate surface area is 132 Å². The highest BCUT2D eigenvalue weighted by Gasteiger charge is 2.17. The van der Waals surface area contributed by atoms with Gasteiger partial charge in [0.25, 0.3) is 0 Å². The van der Waals surface area contributed by atoms with E-state index in [2.05, 4.69) is 15.6 Å². The van der Waals surface area contributed by atoms with Gasteiger partial charge in [-0.05, 0) is 12.1 Å². The Bertz CT molecular complexity index is 551. The molecule has 1 fully saturated rings. The summed E-state index contributed by atoms with van der Waals surface area (Å²) in [5.74, 6) is 2.18. The minimum atomic E-state index is 0. The third-order valence-electron chi connectivity index (χ3n) is 2.97. The van der Waals surface area contributed by atoms with Crippen LogP contribution in [0.25, 0.3) is 10.2 Å². The Kier molecular flexibility index (Phi) is 5.65. The zero-order valence-corrected chi connectivity index (χ0v) is 13.2. The van der Waals surface area contributed by atoms with Crippen molar-refractivity contribution >= 4 is 56.8 Å². The van der Waals surface area contributed by atoms with Crippen molar-refractivity contribution in [3.8, 4) is 0 Å². The van der Waals surface area contributed by atoms with Crippen molar-refractivity contribution in [2.24, 2.45) is 0 Å². The van der Waals surface area contributed by atoms with Crippen molar-refractivity contribution in [3.63, 3.8) is 0 Å². The molecule has 1 aliphatic rings. The van der Waals surface area contributed by atoms with Crippen molar-refractivity contribution in [2.45, 2.75) is 12.5 Å². The van der Waals surface area contributed by atoms with E-state index in [0.29, 0.717) is 11.6 Å². The summed E-state index contributed by atoms with van der Waals surface area (Å²) in [5, 5.41) is 6.95. The Morgan fingerprint density at radius 3 is 3.05 bits per heavy atom. The molecule has 0 radical (unpaired) electrons. The third kappa shape index (κ3) is 3.85. The fourth-order valence-electron chi connectivity index (χ4n) is 2.07. The molecule has 0 bridgehead atoms. The maximum Gasteiger partial charge on any atom is 0.227 e. The molecule has 1 atom stereocenters. The van der Waals surface area contributed by atoms with E-state index in [1.807, 2.05) is 36.0 Å². The maximum atomic E-state index is 12.0. The number of hydrogen-bond donors (Lipinski definition) is 2. The highest BCUT2D eigenvalue weighted by Crippen LogP contribution is 2.25. The molecule has 0 aliphatic carbocycles. The molecule has 1 aliphatic heterocycles. The smallest absolute Gasteiger partial charge is 0.227 e. The summed E-state index contributed by atoms with van der Waals surface area (Å²) in [6.07, 6.45) is 0.517. The summed E-state index contributed by atoms with van der Waals surface area (Å²) >= 11 is 3.42. The van der Waals surface area contributed by atoms with E-state index >= 15 is 0 Å². The molecule has 1 unspecified atom stereocenters. The molecule has 4 nitrogen and oxygen atoms in total. The molecule has 1 aromatic heterocycles. The lowest BCUT2D eigenvalue weighted by Gasteiger charge is -2.22. The number of anilines is 1. The topological polar surface area (TPSA) is 54.0 Å². The normalized spacial score (nSPS) is 18.5. The van der Waals surface area contributed by atoms with E-state index in [1.54, 1.807) is 0 Å². The molecule has 108 valence electrons. The molecule has 2 N–H and O–H groups in total. The number of hydrogen-bond acceptors (Lipinski definition) is 5. The van der Waals surface area contributed by atoms with Gasteiger partial charge in [-0.2, -0.15) is 11.8 Å². The van der Waals surface area contributed by atoms with E-state index in [9.17, 15) is 4.79 Å². The van der Waals surface area contributed by atoms with E-state index in [4.69, 9.17) is 0 Å². The van der Waals surface area contributed by atoms with E-state index in [-0.39, 0.29) is 24.4 Å². The average Bonchev–Trinajstić information content (AvgIpc) is 2.81. The number of rotatable bonds is 3. The molecular weight excluding hydrogens is 314 g/mol. The summed E-state index contributed by atoms with van der Waals surface area (Å²) < 4.78 is 1.10. The number of amides is 1. The van der Waals surface area contributed by atoms with Gasteiger partial charge in [-0.1, -0.05) is 23.5 Å². The van der Waals surface area contributed by atoms with Crippen LogP contribution >= 0.6 is 35.5 Å². The van der Waals surface area contributed by atoms with E-state index in [1.165, 1.54) is 11.3 Å². The first-order chi connectivity index (χ1) is 9.31. The minimum absolute atomic E-state index is 0.